The Morgan fingerprint density at radius 3 is 1.50 bits per heavy atom. The molecular formula is C10H13F11O2Si. The van der Waals surface area contributed by atoms with Crippen LogP contribution in [-0.4, -0.2) is 51.1 Å². The summed E-state index contributed by atoms with van der Waals surface area (Å²) in [4.78, 5) is 0. The van der Waals surface area contributed by atoms with Crippen LogP contribution in [0.3, 0.4) is 0 Å². The summed E-state index contributed by atoms with van der Waals surface area (Å²) in [6, 6.07) is 0. The van der Waals surface area contributed by atoms with E-state index >= 15 is 0 Å². The number of hydrogen-bond donors (Lipinski definition) is 0. The summed E-state index contributed by atoms with van der Waals surface area (Å²) in [5.74, 6) is -6.78. The van der Waals surface area contributed by atoms with E-state index in [0.717, 1.165) is 19.6 Å². The van der Waals surface area contributed by atoms with Gasteiger partial charge in [0.25, 0.3) is 5.55 Å². The molecule has 0 aromatic carbocycles. The van der Waals surface area contributed by atoms with Crippen LogP contribution >= 0.6 is 0 Å². The summed E-state index contributed by atoms with van der Waals surface area (Å²) < 4.78 is 146. The third kappa shape index (κ3) is 4.94. The van der Waals surface area contributed by atoms with Gasteiger partial charge in [-0.25, -0.2) is 17.9 Å². The van der Waals surface area contributed by atoms with Crippen LogP contribution in [-0.2, 0) is 9.47 Å². The molecule has 0 aromatic rings. The molecular weight excluding hydrogens is 389 g/mol. The fourth-order valence-electron chi connectivity index (χ4n) is 0.937. The molecule has 0 amide bonds. The molecule has 0 heterocycles. The van der Waals surface area contributed by atoms with Gasteiger partial charge in [-0.3, -0.25) is 0 Å². The average Bonchev–Trinajstić information content (AvgIpc) is 2.33. The van der Waals surface area contributed by atoms with Gasteiger partial charge < -0.3 is 4.74 Å². The number of rotatable bonds is 9. The summed E-state index contributed by atoms with van der Waals surface area (Å²) in [7, 11) is -3.56. The van der Waals surface area contributed by atoms with Crippen molar-refractivity contribution in [2.24, 2.45) is 0 Å². The van der Waals surface area contributed by atoms with Crippen molar-refractivity contribution in [3.05, 3.63) is 0 Å². The van der Waals surface area contributed by atoms with Crippen LogP contribution in [0.25, 0.3) is 0 Å². The molecule has 0 aliphatic heterocycles. The molecule has 0 fully saturated rings. The summed E-state index contributed by atoms with van der Waals surface area (Å²) in [6.45, 7) is -2.52. The Morgan fingerprint density at radius 1 is 0.750 bits per heavy atom. The van der Waals surface area contributed by atoms with Crippen molar-refractivity contribution < 1.29 is 57.8 Å². The zero-order valence-corrected chi connectivity index (χ0v) is 13.4. The van der Waals surface area contributed by atoms with E-state index < -0.39 is 51.1 Å². The van der Waals surface area contributed by atoms with Crippen molar-refractivity contribution in [2.45, 2.75) is 49.4 Å². The molecule has 0 bridgehead atoms. The summed E-state index contributed by atoms with van der Waals surface area (Å²) in [5.41, 5.74) is -4.02. The van der Waals surface area contributed by atoms with Crippen molar-refractivity contribution in [3.8, 4) is 0 Å². The Labute approximate surface area is 129 Å². The molecule has 0 atom stereocenters. The Hall–Kier alpha value is -0.633. The largest absolute Gasteiger partial charge is 0.433 e. The van der Waals surface area contributed by atoms with Crippen molar-refractivity contribution >= 4 is 8.07 Å². The third-order valence-corrected chi connectivity index (χ3v) is 5.04. The minimum atomic E-state index is -6.78. The van der Waals surface area contributed by atoms with Gasteiger partial charge in [-0.1, -0.05) is 19.6 Å². The van der Waals surface area contributed by atoms with E-state index in [0.29, 0.717) is 0 Å². The summed E-state index contributed by atoms with van der Waals surface area (Å²) in [6.07, 6.45) is -18.4. The standard InChI is InChI=1S/C10H13F11O2Si/c1-24(2,3)7(14,15)5-22-9(18,19)8(16,17)10(20,21)23-6(12,13)4-11/h4-5H2,1-3H3. The van der Waals surface area contributed by atoms with Crippen LogP contribution in [0, 0.1) is 0 Å². The fourth-order valence-corrected chi connectivity index (χ4v) is 1.44. The lowest BCUT2D eigenvalue weighted by molar-refractivity contribution is -0.489. The van der Waals surface area contributed by atoms with Crippen LogP contribution < -0.4 is 0 Å². The predicted octanol–water partition coefficient (Wildman–Crippen LogP) is 4.92. The molecule has 0 rings (SSSR count). The molecule has 0 unspecified atom stereocenters. The second-order valence-electron chi connectivity index (χ2n) is 5.72. The van der Waals surface area contributed by atoms with E-state index in [-0.39, 0.29) is 0 Å². The minimum Gasteiger partial charge on any atom is -0.309 e. The lowest BCUT2D eigenvalue weighted by Gasteiger charge is -2.35. The van der Waals surface area contributed by atoms with Crippen LogP contribution in [0.15, 0.2) is 0 Å². The van der Waals surface area contributed by atoms with Gasteiger partial charge in [0.05, 0.1) is 0 Å². The molecule has 0 spiro atoms. The second-order valence-corrected chi connectivity index (χ2v) is 11.0. The SMILES string of the molecule is C[Si](C)(C)C(F)(F)COC(F)(F)C(F)(F)C(F)(F)OC(F)(F)CF. The molecule has 24 heavy (non-hydrogen) atoms. The van der Waals surface area contributed by atoms with E-state index in [1.807, 2.05) is 0 Å². The molecule has 0 saturated heterocycles. The lowest BCUT2D eigenvalue weighted by atomic mass is 10.3. The minimum absolute atomic E-state index is 0.951. The highest BCUT2D eigenvalue weighted by molar-refractivity contribution is 6.78. The Kier molecular flexibility index (Phi) is 6.42. The average molecular weight is 402 g/mol. The maximum atomic E-state index is 13.4. The second kappa shape index (κ2) is 6.59. The number of ether oxygens (including phenoxy) is 2. The Morgan fingerprint density at radius 2 is 1.17 bits per heavy atom. The molecule has 0 aliphatic rings. The maximum Gasteiger partial charge on any atom is 0.433 e. The maximum absolute atomic E-state index is 13.4. The predicted molar refractivity (Wildman–Crippen MR) is 61.1 cm³/mol. The molecule has 14 heteroatoms. The van der Waals surface area contributed by atoms with Crippen LogP contribution in [0.5, 0.6) is 0 Å². The van der Waals surface area contributed by atoms with Crippen molar-refractivity contribution in [3.63, 3.8) is 0 Å². The van der Waals surface area contributed by atoms with Gasteiger partial charge in [0.15, 0.2) is 6.67 Å². The first-order valence-electron chi connectivity index (χ1n) is 6.02. The highest BCUT2D eigenvalue weighted by Crippen LogP contribution is 2.49. The molecule has 0 radical (unpaired) electrons. The van der Waals surface area contributed by atoms with Gasteiger partial charge in [0, 0.05) is 0 Å². The summed E-state index contributed by atoms with van der Waals surface area (Å²) >= 11 is 0. The molecule has 0 aromatic heterocycles. The van der Waals surface area contributed by atoms with Crippen molar-refractivity contribution in [2.75, 3.05) is 13.3 Å². The zero-order valence-electron chi connectivity index (χ0n) is 12.4. The van der Waals surface area contributed by atoms with Gasteiger partial charge in [-0.2, -0.15) is 35.1 Å². The first-order chi connectivity index (χ1) is 10.2. The number of hydrogen-bond acceptors (Lipinski definition) is 2. The summed E-state index contributed by atoms with van der Waals surface area (Å²) in [5, 5.41) is 0. The van der Waals surface area contributed by atoms with E-state index in [4.69, 9.17) is 0 Å². The van der Waals surface area contributed by atoms with E-state index in [1.54, 1.807) is 0 Å². The normalized spacial score (nSPS) is 15.8. The zero-order chi connectivity index (χ0) is 19.8. The smallest absolute Gasteiger partial charge is 0.309 e. The van der Waals surface area contributed by atoms with Gasteiger partial charge >= 0.3 is 24.2 Å². The van der Waals surface area contributed by atoms with E-state index in [2.05, 4.69) is 9.47 Å². The monoisotopic (exact) mass is 402 g/mol. The highest BCUT2D eigenvalue weighted by Gasteiger charge is 2.76. The molecule has 0 saturated carbocycles. The topological polar surface area (TPSA) is 18.5 Å². The van der Waals surface area contributed by atoms with E-state index in [9.17, 15) is 48.3 Å². The van der Waals surface area contributed by atoms with Crippen LogP contribution in [0.1, 0.15) is 0 Å². The van der Waals surface area contributed by atoms with E-state index in [1.165, 1.54) is 0 Å². The molecule has 0 N–H and O–H groups in total. The lowest BCUT2D eigenvalue weighted by Crippen LogP contribution is -2.60. The molecule has 2 nitrogen and oxygen atoms in total. The number of alkyl halides is 11. The Bertz CT molecular complexity index is 433. The number of halogens is 11. The van der Waals surface area contributed by atoms with Gasteiger partial charge in [0.2, 0.25) is 0 Å². The first-order valence-corrected chi connectivity index (χ1v) is 9.52. The van der Waals surface area contributed by atoms with Crippen molar-refractivity contribution in [1.82, 2.24) is 0 Å². The first kappa shape index (κ1) is 23.4. The molecule has 146 valence electrons. The van der Waals surface area contributed by atoms with Crippen LogP contribution in [0.4, 0.5) is 48.3 Å². The van der Waals surface area contributed by atoms with Gasteiger partial charge in [0.1, 0.15) is 14.7 Å². The van der Waals surface area contributed by atoms with Gasteiger partial charge in [-0.15, -0.1) is 0 Å². The quantitative estimate of drug-likeness (QED) is 0.403. The van der Waals surface area contributed by atoms with Crippen LogP contribution in [0.2, 0.25) is 19.6 Å². The van der Waals surface area contributed by atoms with Gasteiger partial charge in [-0.05, 0) is 0 Å². The fraction of sp³-hybridized carbons (Fsp3) is 1.00. The highest BCUT2D eigenvalue weighted by atomic mass is 28.3. The van der Waals surface area contributed by atoms with Crippen molar-refractivity contribution in [1.29, 1.82) is 0 Å². The third-order valence-electron chi connectivity index (χ3n) is 2.70. The Balaban J connectivity index is 5.38. The molecule has 0 aliphatic carbocycles.